The summed E-state index contributed by atoms with van der Waals surface area (Å²) in [5.41, 5.74) is 1.76. The van der Waals surface area contributed by atoms with Crippen LogP contribution in [-0.4, -0.2) is 27.6 Å². The molecule has 2 N–H and O–H groups in total. The quantitative estimate of drug-likeness (QED) is 0.761. The van der Waals surface area contributed by atoms with E-state index in [2.05, 4.69) is 10.3 Å². The molecule has 0 aromatic carbocycles. The molecule has 2 aromatic rings. The van der Waals surface area contributed by atoms with E-state index in [1.54, 1.807) is 6.07 Å². The maximum absolute atomic E-state index is 9.69. The number of rotatable bonds is 1. The van der Waals surface area contributed by atoms with Gasteiger partial charge < -0.3 is 14.8 Å². The molecule has 1 aliphatic heterocycles. The molecule has 0 bridgehead atoms. The third-order valence-corrected chi connectivity index (χ3v) is 3.24. The molecule has 0 spiro atoms. The molecule has 1 saturated heterocycles. The van der Waals surface area contributed by atoms with Gasteiger partial charge in [-0.25, -0.2) is 4.98 Å². The van der Waals surface area contributed by atoms with Crippen LogP contribution in [0.2, 0.25) is 0 Å². The van der Waals surface area contributed by atoms with Crippen LogP contribution in [0.15, 0.2) is 24.5 Å². The van der Waals surface area contributed by atoms with Gasteiger partial charge in [-0.3, -0.25) is 0 Å². The van der Waals surface area contributed by atoms with E-state index < -0.39 is 0 Å². The third kappa shape index (κ3) is 1.55. The van der Waals surface area contributed by atoms with Gasteiger partial charge in [0.15, 0.2) is 11.4 Å². The maximum Gasteiger partial charge on any atom is 0.179 e. The molecule has 3 rings (SSSR count). The van der Waals surface area contributed by atoms with Crippen molar-refractivity contribution in [3.05, 3.63) is 30.2 Å². The van der Waals surface area contributed by atoms with Gasteiger partial charge in [0.1, 0.15) is 0 Å². The molecule has 0 radical (unpaired) electrons. The van der Waals surface area contributed by atoms with Gasteiger partial charge >= 0.3 is 0 Å². The SMILES string of the molecule is Oc1cccn2cc(C3CCNCC3)nc12. The topological polar surface area (TPSA) is 49.6 Å². The van der Waals surface area contributed by atoms with E-state index in [0.717, 1.165) is 31.6 Å². The van der Waals surface area contributed by atoms with Crippen molar-refractivity contribution in [2.75, 3.05) is 13.1 Å². The number of fused-ring (bicyclic) bond motifs is 1. The number of aromatic hydroxyl groups is 1. The molecule has 16 heavy (non-hydrogen) atoms. The van der Waals surface area contributed by atoms with Gasteiger partial charge in [0.05, 0.1) is 5.69 Å². The number of nitrogens with one attached hydrogen (secondary N) is 1. The fraction of sp³-hybridized carbons (Fsp3) is 0.417. The number of nitrogens with zero attached hydrogens (tertiary/aromatic N) is 2. The van der Waals surface area contributed by atoms with Gasteiger partial charge in [0.25, 0.3) is 0 Å². The minimum Gasteiger partial charge on any atom is -0.504 e. The summed E-state index contributed by atoms with van der Waals surface area (Å²) in [5, 5.41) is 13.0. The highest BCUT2D eigenvalue weighted by molar-refractivity contribution is 5.53. The summed E-state index contributed by atoms with van der Waals surface area (Å²) in [6.45, 7) is 2.12. The van der Waals surface area contributed by atoms with Gasteiger partial charge in [-0.2, -0.15) is 0 Å². The lowest BCUT2D eigenvalue weighted by atomic mass is 9.95. The van der Waals surface area contributed by atoms with Crippen molar-refractivity contribution in [3.8, 4) is 5.75 Å². The van der Waals surface area contributed by atoms with Crippen LogP contribution in [0.1, 0.15) is 24.5 Å². The van der Waals surface area contributed by atoms with Gasteiger partial charge in [-0.15, -0.1) is 0 Å². The molecule has 0 unspecified atom stereocenters. The molecule has 3 heterocycles. The van der Waals surface area contributed by atoms with E-state index in [1.807, 2.05) is 22.9 Å². The fourth-order valence-corrected chi connectivity index (χ4v) is 2.33. The van der Waals surface area contributed by atoms with Crippen molar-refractivity contribution in [1.82, 2.24) is 14.7 Å². The smallest absolute Gasteiger partial charge is 0.179 e. The Kier molecular flexibility index (Phi) is 2.29. The predicted molar refractivity (Wildman–Crippen MR) is 61.7 cm³/mol. The average molecular weight is 217 g/mol. The van der Waals surface area contributed by atoms with Crippen LogP contribution in [0.5, 0.6) is 5.75 Å². The van der Waals surface area contributed by atoms with Crippen molar-refractivity contribution in [2.45, 2.75) is 18.8 Å². The van der Waals surface area contributed by atoms with Crippen LogP contribution < -0.4 is 5.32 Å². The van der Waals surface area contributed by atoms with Crippen molar-refractivity contribution in [2.24, 2.45) is 0 Å². The first-order valence-corrected chi connectivity index (χ1v) is 5.72. The molecule has 0 amide bonds. The molecular formula is C12H15N3O. The number of imidazole rings is 1. The lowest BCUT2D eigenvalue weighted by Gasteiger charge is -2.20. The van der Waals surface area contributed by atoms with Crippen LogP contribution in [0.3, 0.4) is 0 Å². The zero-order valence-corrected chi connectivity index (χ0v) is 9.06. The van der Waals surface area contributed by atoms with Crippen LogP contribution in [0.25, 0.3) is 5.65 Å². The number of hydrogen-bond donors (Lipinski definition) is 2. The lowest BCUT2D eigenvalue weighted by Crippen LogP contribution is -2.26. The Balaban J connectivity index is 2.01. The lowest BCUT2D eigenvalue weighted by molar-refractivity contribution is 0.454. The highest BCUT2D eigenvalue weighted by Crippen LogP contribution is 2.26. The van der Waals surface area contributed by atoms with Crippen molar-refractivity contribution in [3.63, 3.8) is 0 Å². The highest BCUT2D eigenvalue weighted by Gasteiger charge is 2.18. The molecule has 2 aromatic heterocycles. The molecule has 1 fully saturated rings. The van der Waals surface area contributed by atoms with Gasteiger partial charge in [-0.1, -0.05) is 0 Å². The second-order valence-electron chi connectivity index (χ2n) is 4.31. The predicted octanol–water partition coefficient (Wildman–Crippen LogP) is 1.51. The second-order valence-corrected chi connectivity index (χ2v) is 4.31. The standard InChI is InChI=1S/C12H15N3O/c16-11-2-1-7-15-8-10(14-12(11)15)9-3-5-13-6-4-9/h1-2,7-9,13,16H,3-6H2. The maximum atomic E-state index is 9.69. The Morgan fingerprint density at radius 3 is 2.94 bits per heavy atom. The summed E-state index contributed by atoms with van der Waals surface area (Å²) in [7, 11) is 0. The van der Waals surface area contributed by atoms with E-state index in [9.17, 15) is 5.11 Å². The summed E-state index contributed by atoms with van der Waals surface area (Å²) < 4.78 is 1.90. The molecule has 4 nitrogen and oxygen atoms in total. The normalized spacial score (nSPS) is 18.0. The zero-order chi connectivity index (χ0) is 11.0. The molecular weight excluding hydrogens is 202 g/mol. The van der Waals surface area contributed by atoms with Crippen LogP contribution >= 0.6 is 0 Å². The molecule has 0 saturated carbocycles. The molecule has 1 aliphatic rings. The third-order valence-electron chi connectivity index (χ3n) is 3.24. The van der Waals surface area contributed by atoms with E-state index in [-0.39, 0.29) is 5.75 Å². The van der Waals surface area contributed by atoms with Crippen LogP contribution in [0.4, 0.5) is 0 Å². The van der Waals surface area contributed by atoms with Crippen molar-refractivity contribution in [1.29, 1.82) is 0 Å². The molecule has 0 atom stereocenters. The zero-order valence-electron chi connectivity index (χ0n) is 9.06. The molecule has 0 aliphatic carbocycles. The largest absolute Gasteiger partial charge is 0.504 e. The Morgan fingerprint density at radius 1 is 1.38 bits per heavy atom. The molecule has 84 valence electrons. The van der Waals surface area contributed by atoms with Crippen LogP contribution in [-0.2, 0) is 0 Å². The van der Waals surface area contributed by atoms with E-state index in [4.69, 9.17) is 0 Å². The summed E-state index contributed by atoms with van der Waals surface area (Å²) in [6.07, 6.45) is 6.22. The highest BCUT2D eigenvalue weighted by atomic mass is 16.3. The summed E-state index contributed by atoms with van der Waals surface area (Å²) >= 11 is 0. The van der Waals surface area contributed by atoms with Gasteiger partial charge in [-0.05, 0) is 38.1 Å². The fourth-order valence-electron chi connectivity index (χ4n) is 2.33. The summed E-state index contributed by atoms with van der Waals surface area (Å²) in [6, 6.07) is 3.50. The minimum atomic E-state index is 0.252. The monoisotopic (exact) mass is 217 g/mol. The Bertz CT molecular complexity index is 500. The Hall–Kier alpha value is -1.55. The first-order valence-electron chi connectivity index (χ1n) is 5.72. The minimum absolute atomic E-state index is 0.252. The van der Waals surface area contributed by atoms with Crippen LogP contribution in [0, 0.1) is 0 Å². The van der Waals surface area contributed by atoms with E-state index >= 15 is 0 Å². The van der Waals surface area contributed by atoms with Crippen molar-refractivity contribution >= 4 is 5.65 Å². The summed E-state index contributed by atoms with van der Waals surface area (Å²) in [5.74, 6) is 0.781. The van der Waals surface area contributed by atoms with Gasteiger partial charge in [0.2, 0.25) is 0 Å². The van der Waals surface area contributed by atoms with Gasteiger partial charge in [0, 0.05) is 18.3 Å². The first-order chi connectivity index (χ1) is 7.84. The summed E-state index contributed by atoms with van der Waals surface area (Å²) in [4.78, 5) is 4.52. The molecule has 4 heteroatoms. The Labute approximate surface area is 93.9 Å². The number of pyridine rings is 1. The second kappa shape index (κ2) is 3.79. The average Bonchev–Trinajstić information content (AvgIpc) is 2.76. The van der Waals surface area contributed by atoms with Crippen molar-refractivity contribution < 1.29 is 5.11 Å². The first kappa shape index (κ1) is 9.66. The van der Waals surface area contributed by atoms with E-state index in [1.165, 1.54) is 0 Å². The number of hydrogen-bond acceptors (Lipinski definition) is 3. The van der Waals surface area contributed by atoms with E-state index in [0.29, 0.717) is 11.6 Å². The number of aromatic nitrogens is 2. The number of piperidine rings is 1. The Morgan fingerprint density at radius 2 is 2.19 bits per heavy atom.